The number of hydrogen-bond donors (Lipinski definition) is 1. The fraction of sp³-hybridized carbons (Fsp3) is 1.00. The van der Waals surface area contributed by atoms with Crippen molar-refractivity contribution in [2.75, 3.05) is 6.54 Å². The van der Waals surface area contributed by atoms with Crippen LogP contribution in [0, 0.1) is 52.3 Å². The first kappa shape index (κ1) is 20.8. The molecule has 2 heteroatoms. The van der Waals surface area contributed by atoms with Crippen LogP contribution in [0.25, 0.3) is 0 Å². The lowest BCUT2D eigenvalue weighted by Gasteiger charge is -2.60. The van der Waals surface area contributed by atoms with Crippen molar-refractivity contribution >= 4 is 0 Å². The van der Waals surface area contributed by atoms with Gasteiger partial charge in [0.15, 0.2) is 0 Å². The molecule has 1 N–H and O–H groups in total. The van der Waals surface area contributed by atoms with E-state index in [4.69, 9.17) is 4.74 Å². The highest BCUT2D eigenvalue weighted by atomic mass is 16.5. The Morgan fingerprint density at radius 2 is 1.83 bits per heavy atom. The van der Waals surface area contributed by atoms with Gasteiger partial charge in [-0.1, -0.05) is 53.9 Å². The fourth-order valence-electron chi connectivity index (χ4n) is 9.60. The van der Waals surface area contributed by atoms with Crippen LogP contribution in [0.15, 0.2) is 0 Å². The van der Waals surface area contributed by atoms with Crippen molar-refractivity contribution in [3.05, 3.63) is 0 Å². The molecule has 4 aliphatic carbocycles. The third-order valence-corrected chi connectivity index (χ3v) is 11.4. The highest BCUT2D eigenvalue weighted by Crippen LogP contribution is 2.69. The molecule has 2 nitrogen and oxygen atoms in total. The van der Waals surface area contributed by atoms with E-state index in [2.05, 4.69) is 39.9 Å². The Morgan fingerprint density at radius 3 is 2.62 bits per heavy atom. The van der Waals surface area contributed by atoms with E-state index < -0.39 is 0 Å². The van der Waals surface area contributed by atoms with Crippen molar-refractivity contribution < 1.29 is 4.74 Å². The topological polar surface area (TPSA) is 21.3 Å². The molecule has 0 spiro atoms. The monoisotopic (exact) mass is 401 g/mol. The first-order chi connectivity index (χ1) is 13.9. The molecule has 11 atom stereocenters. The molecule has 0 amide bonds. The van der Waals surface area contributed by atoms with E-state index in [1.165, 1.54) is 64.2 Å². The highest BCUT2D eigenvalue weighted by molar-refractivity contribution is 5.13. The van der Waals surface area contributed by atoms with Crippen molar-refractivity contribution in [2.45, 2.75) is 111 Å². The minimum absolute atomic E-state index is 0.293. The predicted molar refractivity (Wildman–Crippen MR) is 120 cm³/mol. The third kappa shape index (κ3) is 3.09. The molecule has 1 saturated heterocycles. The molecule has 5 rings (SSSR count). The number of hydrogen-bond acceptors (Lipinski definition) is 2. The number of rotatable bonds is 4. The normalized spacial score (nSPS) is 54.9. The average molecular weight is 402 g/mol. The van der Waals surface area contributed by atoms with Gasteiger partial charge in [0.2, 0.25) is 0 Å². The summed E-state index contributed by atoms with van der Waals surface area (Å²) in [6.45, 7) is 13.7. The molecule has 166 valence electrons. The standard InChI is InChI=1S/C27H47NO/c1-6-17(2)16-28-25-18(3)24-23(29-25)15-22-20-11-10-19-9-7-8-13-26(19,4)21(20)12-14-27(22,24)5/h17-25,28H,6-16H2,1-5H3/t17-,18?,19?,20?,21?,22?,23-,24?,25-,26-,27-/m0/s1. The zero-order chi connectivity index (χ0) is 20.4. The van der Waals surface area contributed by atoms with E-state index in [1.54, 1.807) is 0 Å². The minimum Gasteiger partial charge on any atom is -0.360 e. The Bertz CT molecular complexity index is 605. The van der Waals surface area contributed by atoms with Crippen molar-refractivity contribution in [1.82, 2.24) is 5.32 Å². The Labute approximate surface area is 180 Å². The lowest BCUT2D eigenvalue weighted by Crippen LogP contribution is -2.53. The van der Waals surface area contributed by atoms with E-state index in [0.29, 0.717) is 29.1 Å². The number of ether oxygens (including phenoxy) is 1. The molecular formula is C27H47NO. The van der Waals surface area contributed by atoms with Gasteiger partial charge in [-0.15, -0.1) is 0 Å². The molecule has 4 saturated carbocycles. The molecule has 0 bridgehead atoms. The van der Waals surface area contributed by atoms with Gasteiger partial charge in [-0.3, -0.25) is 5.32 Å². The van der Waals surface area contributed by atoms with Crippen molar-refractivity contribution in [2.24, 2.45) is 52.3 Å². The molecule has 0 aromatic heterocycles. The van der Waals surface area contributed by atoms with Crippen molar-refractivity contribution in [1.29, 1.82) is 0 Å². The molecule has 0 radical (unpaired) electrons. The largest absolute Gasteiger partial charge is 0.360 e. The molecule has 1 aliphatic heterocycles. The van der Waals surface area contributed by atoms with Gasteiger partial charge in [0.25, 0.3) is 0 Å². The van der Waals surface area contributed by atoms with Gasteiger partial charge in [-0.2, -0.15) is 0 Å². The summed E-state index contributed by atoms with van der Waals surface area (Å²) in [5.41, 5.74) is 1.18. The first-order valence-corrected chi connectivity index (χ1v) is 13.3. The van der Waals surface area contributed by atoms with E-state index in [9.17, 15) is 0 Å². The summed E-state index contributed by atoms with van der Waals surface area (Å²) in [5, 5.41) is 3.80. The van der Waals surface area contributed by atoms with Gasteiger partial charge in [0, 0.05) is 12.5 Å². The van der Waals surface area contributed by atoms with Crippen LogP contribution in [0.3, 0.4) is 0 Å². The summed E-state index contributed by atoms with van der Waals surface area (Å²) < 4.78 is 6.75. The Kier molecular flexibility index (Phi) is 5.38. The SMILES string of the molecule is CC[C@H](C)CN[C@H]1O[C@H]2CC3C4CCC5CCCC[C@]5(C)C4CC[C@]3(C)C2C1C. The van der Waals surface area contributed by atoms with Crippen molar-refractivity contribution in [3.8, 4) is 0 Å². The molecular weight excluding hydrogens is 354 g/mol. The zero-order valence-corrected chi connectivity index (χ0v) is 19.9. The molecule has 1 heterocycles. The first-order valence-electron chi connectivity index (χ1n) is 13.3. The predicted octanol–water partition coefficient (Wildman–Crippen LogP) is 6.64. The fourth-order valence-corrected chi connectivity index (χ4v) is 9.60. The Morgan fingerprint density at radius 1 is 1.00 bits per heavy atom. The van der Waals surface area contributed by atoms with Crippen LogP contribution in [0.5, 0.6) is 0 Å². The summed E-state index contributed by atoms with van der Waals surface area (Å²) in [4.78, 5) is 0. The lowest BCUT2D eigenvalue weighted by molar-refractivity contribution is -0.115. The van der Waals surface area contributed by atoms with Gasteiger partial charge < -0.3 is 4.74 Å². The highest BCUT2D eigenvalue weighted by Gasteiger charge is 2.65. The van der Waals surface area contributed by atoms with Gasteiger partial charge in [-0.05, 0) is 91.3 Å². The minimum atomic E-state index is 0.293. The van der Waals surface area contributed by atoms with Gasteiger partial charge >= 0.3 is 0 Å². The number of nitrogens with one attached hydrogen (secondary N) is 1. The zero-order valence-electron chi connectivity index (χ0n) is 19.9. The summed E-state index contributed by atoms with van der Waals surface area (Å²) in [6, 6.07) is 0. The summed E-state index contributed by atoms with van der Waals surface area (Å²) in [6.07, 6.45) is 15.5. The second-order valence-corrected chi connectivity index (χ2v) is 12.6. The smallest absolute Gasteiger partial charge is 0.111 e. The van der Waals surface area contributed by atoms with Crippen molar-refractivity contribution in [3.63, 3.8) is 0 Å². The van der Waals surface area contributed by atoms with Crippen LogP contribution in [0.2, 0.25) is 0 Å². The van der Waals surface area contributed by atoms with E-state index in [-0.39, 0.29) is 0 Å². The van der Waals surface area contributed by atoms with Crippen LogP contribution in [-0.4, -0.2) is 18.9 Å². The van der Waals surface area contributed by atoms with Crippen LogP contribution in [0.4, 0.5) is 0 Å². The van der Waals surface area contributed by atoms with E-state index >= 15 is 0 Å². The molecule has 29 heavy (non-hydrogen) atoms. The van der Waals surface area contributed by atoms with Crippen LogP contribution in [-0.2, 0) is 4.74 Å². The second-order valence-electron chi connectivity index (χ2n) is 12.6. The molecule has 0 aromatic carbocycles. The maximum Gasteiger partial charge on any atom is 0.111 e. The van der Waals surface area contributed by atoms with Crippen LogP contribution in [0.1, 0.15) is 98.8 Å². The van der Waals surface area contributed by atoms with E-state index in [1.807, 2.05) is 0 Å². The lowest BCUT2D eigenvalue weighted by atomic mass is 9.44. The number of fused-ring (bicyclic) bond motifs is 7. The Balaban J connectivity index is 1.33. The molecule has 5 aliphatic rings. The van der Waals surface area contributed by atoms with Crippen LogP contribution >= 0.6 is 0 Å². The molecule has 0 aromatic rings. The maximum absolute atomic E-state index is 6.75. The summed E-state index contributed by atoms with van der Waals surface area (Å²) >= 11 is 0. The molecule has 5 fully saturated rings. The summed E-state index contributed by atoms with van der Waals surface area (Å²) in [5.74, 6) is 6.14. The third-order valence-electron chi connectivity index (χ3n) is 11.4. The van der Waals surface area contributed by atoms with Gasteiger partial charge in [-0.25, -0.2) is 0 Å². The maximum atomic E-state index is 6.75. The summed E-state index contributed by atoms with van der Waals surface area (Å²) in [7, 11) is 0. The second kappa shape index (κ2) is 7.51. The van der Waals surface area contributed by atoms with Gasteiger partial charge in [0.05, 0.1) is 6.10 Å². The van der Waals surface area contributed by atoms with Crippen LogP contribution < -0.4 is 5.32 Å². The molecule has 6 unspecified atom stereocenters. The van der Waals surface area contributed by atoms with Gasteiger partial charge in [0.1, 0.15) is 6.23 Å². The van der Waals surface area contributed by atoms with E-state index in [0.717, 1.165) is 42.1 Å². The average Bonchev–Trinajstić information content (AvgIpc) is 3.19. The Hall–Kier alpha value is -0.0800. The quantitative estimate of drug-likeness (QED) is 0.570.